The maximum absolute atomic E-state index is 11.9. The number of aryl methyl sites for hydroxylation is 1. The Morgan fingerprint density at radius 2 is 1.93 bits per heavy atom. The lowest BCUT2D eigenvalue weighted by Gasteiger charge is -2.31. The average molecular weight is 406 g/mol. The molecule has 158 valence electrons. The fourth-order valence-corrected chi connectivity index (χ4v) is 4.36. The highest BCUT2D eigenvalue weighted by atomic mass is 16.5. The van der Waals surface area contributed by atoms with Crippen molar-refractivity contribution in [2.75, 3.05) is 25.0 Å². The molecule has 30 heavy (non-hydrogen) atoms. The number of carbonyl (C=O) groups is 1. The second kappa shape index (κ2) is 9.43. The zero-order valence-electron chi connectivity index (χ0n) is 18.0. The zero-order chi connectivity index (χ0) is 20.9. The Bertz CT molecular complexity index is 974. The topological polar surface area (TPSA) is 49.6 Å². The molecule has 1 aliphatic rings. The van der Waals surface area contributed by atoms with Crippen molar-refractivity contribution >= 4 is 22.6 Å². The van der Waals surface area contributed by atoms with E-state index in [-0.39, 0.29) is 5.91 Å². The molecule has 1 amide bonds. The number of rotatable bonds is 7. The largest absolute Gasteiger partial charge is 0.356 e. The summed E-state index contributed by atoms with van der Waals surface area (Å²) in [4.78, 5) is 16.2. The third-order valence-corrected chi connectivity index (χ3v) is 6.34. The maximum atomic E-state index is 11.9. The molecular formula is C25H31N3O2. The Labute approximate surface area is 178 Å². The van der Waals surface area contributed by atoms with Gasteiger partial charge in [0.1, 0.15) is 0 Å². The van der Waals surface area contributed by atoms with Gasteiger partial charge in [0.05, 0.1) is 5.69 Å². The summed E-state index contributed by atoms with van der Waals surface area (Å²) in [6, 6.07) is 16.7. The summed E-state index contributed by atoms with van der Waals surface area (Å²) in [5, 5.41) is 5.39. The predicted octanol–water partition coefficient (Wildman–Crippen LogP) is 5.05. The van der Waals surface area contributed by atoms with Crippen molar-refractivity contribution in [3.63, 3.8) is 0 Å². The summed E-state index contributed by atoms with van der Waals surface area (Å²) in [6.45, 7) is 5.26. The van der Waals surface area contributed by atoms with Crippen LogP contribution in [0.25, 0.3) is 11.0 Å². The minimum Gasteiger partial charge on any atom is -0.356 e. The number of amides is 1. The molecule has 0 radical (unpaired) electrons. The number of benzene rings is 2. The van der Waals surface area contributed by atoms with Crippen LogP contribution >= 0.6 is 0 Å². The third kappa shape index (κ3) is 4.73. The van der Waals surface area contributed by atoms with Crippen LogP contribution in [0.3, 0.4) is 0 Å². The highest BCUT2D eigenvalue weighted by Crippen LogP contribution is 2.28. The van der Waals surface area contributed by atoms with Gasteiger partial charge >= 0.3 is 0 Å². The summed E-state index contributed by atoms with van der Waals surface area (Å²) in [5.41, 5.74) is 4.04. The van der Waals surface area contributed by atoms with Crippen molar-refractivity contribution < 1.29 is 9.32 Å². The number of anilines is 1. The summed E-state index contributed by atoms with van der Waals surface area (Å²) in [7, 11) is 1.80. The van der Waals surface area contributed by atoms with Crippen molar-refractivity contribution in [1.29, 1.82) is 0 Å². The number of aromatic nitrogens is 1. The maximum Gasteiger partial charge on any atom is 0.226 e. The molecule has 1 saturated heterocycles. The first-order valence-corrected chi connectivity index (χ1v) is 11.0. The van der Waals surface area contributed by atoms with E-state index in [2.05, 4.69) is 40.4 Å². The summed E-state index contributed by atoms with van der Waals surface area (Å²) >= 11 is 0. The normalized spacial score (nSPS) is 15.5. The van der Waals surface area contributed by atoms with E-state index in [1.807, 2.05) is 25.1 Å². The van der Waals surface area contributed by atoms with Gasteiger partial charge in [-0.05, 0) is 62.4 Å². The molecule has 0 unspecified atom stereocenters. The number of fused-ring (bicyclic) bond motifs is 1. The first kappa shape index (κ1) is 20.6. The van der Waals surface area contributed by atoms with Crippen LogP contribution in [-0.4, -0.2) is 36.1 Å². The Morgan fingerprint density at radius 3 is 2.67 bits per heavy atom. The van der Waals surface area contributed by atoms with Crippen LogP contribution in [0.1, 0.15) is 43.9 Å². The smallest absolute Gasteiger partial charge is 0.226 e. The minimum absolute atomic E-state index is 0.0905. The SMILES string of the molecule is CCC(=O)N(C)c1ccc2c(CCC3CCN(Cc4ccccc4)CC3)noc2c1. The van der Waals surface area contributed by atoms with Gasteiger partial charge in [-0.25, -0.2) is 0 Å². The molecule has 0 atom stereocenters. The third-order valence-electron chi connectivity index (χ3n) is 6.34. The van der Waals surface area contributed by atoms with Crippen LogP contribution in [-0.2, 0) is 17.8 Å². The number of likely N-dealkylation sites (tertiary alicyclic amines) is 1. The van der Waals surface area contributed by atoms with Gasteiger partial charge in [0.2, 0.25) is 5.91 Å². The van der Waals surface area contributed by atoms with Crippen LogP contribution in [0.15, 0.2) is 53.1 Å². The van der Waals surface area contributed by atoms with Gasteiger partial charge in [-0.1, -0.05) is 42.4 Å². The van der Waals surface area contributed by atoms with Crippen LogP contribution in [0.4, 0.5) is 5.69 Å². The number of carbonyl (C=O) groups excluding carboxylic acids is 1. The van der Waals surface area contributed by atoms with Crippen molar-refractivity contribution in [3.05, 3.63) is 59.8 Å². The van der Waals surface area contributed by atoms with E-state index < -0.39 is 0 Å². The van der Waals surface area contributed by atoms with Gasteiger partial charge in [0, 0.05) is 37.2 Å². The molecule has 1 aliphatic heterocycles. The standard InChI is InChI=1S/C25H31N3O2/c1-3-25(29)27(2)21-10-11-22-23(26-30-24(22)17-21)12-9-19-13-15-28(16-14-19)18-20-7-5-4-6-8-20/h4-8,10-11,17,19H,3,9,12-16,18H2,1-2H3. The highest BCUT2D eigenvalue weighted by Gasteiger charge is 2.20. The van der Waals surface area contributed by atoms with Crippen LogP contribution in [0.5, 0.6) is 0 Å². The van der Waals surface area contributed by atoms with E-state index in [1.165, 1.54) is 31.5 Å². The molecular weight excluding hydrogens is 374 g/mol. The highest BCUT2D eigenvalue weighted by molar-refractivity contribution is 5.95. The van der Waals surface area contributed by atoms with Crippen LogP contribution in [0, 0.1) is 5.92 Å². The molecule has 1 aromatic heterocycles. The van der Waals surface area contributed by atoms with Crippen molar-refractivity contribution in [1.82, 2.24) is 10.1 Å². The lowest BCUT2D eigenvalue weighted by atomic mass is 9.91. The van der Waals surface area contributed by atoms with Crippen molar-refractivity contribution in [3.8, 4) is 0 Å². The van der Waals surface area contributed by atoms with E-state index in [0.29, 0.717) is 6.42 Å². The van der Waals surface area contributed by atoms with Crippen LogP contribution < -0.4 is 4.90 Å². The van der Waals surface area contributed by atoms with E-state index in [0.717, 1.165) is 47.7 Å². The second-order valence-electron chi connectivity index (χ2n) is 8.36. The van der Waals surface area contributed by atoms with Gasteiger partial charge in [-0.2, -0.15) is 0 Å². The first-order chi connectivity index (χ1) is 14.6. The molecule has 1 fully saturated rings. The van der Waals surface area contributed by atoms with Gasteiger partial charge < -0.3 is 9.42 Å². The summed E-state index contributed by atoms with van der Waals surface area (Å²) in [6.07, 6.45) is 5.07. The molecule has 0 aliphatic carbocycles. The lowest BCUT2D eigenvalue weighted by Crippen LogP contribution is -2.33. The molecule has 5 heteroatoms. The molecule has 4 rings (SSSR count). The summed E-state index contributed by atoms with van der Waals surface area (Å²) < 4.78 is 5.58. The quantitative estimate of drug-likeness (QED) is 0.552. The fourth-order valence-electron chi connectivity index (χ4n) is 4.36. The molecule has 2 aromatic carbocycles. The molecule has 3 aromatic rings. The fraction of sp³-hybridized carbons (Fsp3) is 0.440. The lowest BCUT2D eigenvalue weighted by molar-refractivity contribution is -0.118. The number of hydrogen-bond donors (Lipinski definition) is 0. The predicted molar refractivity (Wildman–Crippen MR) is 120 cm³/mol. The molecule has 5 nitrogen and oxygen atoms in total. The number of hydrogen-bond acceptors (Lipinski definition) is 4. The second-order valence-corrected chi connectivity index (χ2v) is 8.36. The minimum atomic E-state index is 0.0905. The van der Waals surface area contributed by atoms with Gasteiger partial charge in [-0.15, -0.1) is 0 Å². The summed E-state index contributed by atoms with van der Waals surface area (Å²) in [5.74, 6) is 0.837. The Kier molecular flexibility index (Phi) is 6.48. The zero-order valence-corrected chi connectivity index (χ0v) is 18.0. The van der Waals surface area contributed by atoms with E-state index >= 15 is 0 Å². The Hall–Kier alpha value is -2.66. The molecule has 0 saturated carbocycles. The van der Waals surface area contributed by atoms with Gasteiger partial charge in [0.15, 0.2) is 5.58 Å². The monoisotopic (exact) mass is 405 g/mol. The van der Waals surface area contributed by atoms with Crippen molar-refractivity contribution in [2.45, 2.75) is 45.6 Å². The number of piperidine rings is 1. The van der Waals surface area contributed by atoms with E-state index in [9.17, 15) is 4.79 Å². The van der Waals surface area contributed by atoms with E-state index in [4.69, 9.17) is 4.52 Å². The molecule has 0 N–H and O–H groups in total. The Morgan fingerprint density at radius 1 is 1.17 bits per heavy atom. The molecule has 2 heterocycles. The average Bonchev–Trinajstić information content (AvgIpc) is 3.20. The first-order valence-electron chi connectivity index (χ1n) is 11.0. The van der Waals surface area contributed by atoms with Crippen LogP contribution in [0.2, 0.25) is 0 Å². The van der Waals surface area contributed by atoms with Gasteiger partial charge in [-0.3, -0.25) is 9.69 Å². The number of nitrogens with zero attached hydrogens (tertiary/aromatic N) is 3. The van der Waals surface area contributed by atoms with Crippen molar-refractivity contribution in [2.24, 2.45) is 5.92 Å². The molecule has 0 bridgehead atoms. The molecule has 0 spiro atoms. The Balaban J connectivity index is 1.30. The van der Waals surface area contributed by atoms with Gasteiger partial charge in [0.25, 0.3) is 0 Å². The van der Waals surface area contributed by atoms with E-state index in [1.54, 1.807) is 11.9 Å².